The molecule has 0 amide bonds. The molecular formula is C122H71N11. The molecule has 614 valence electrons. The minimum Gasteiger partial charge on any atom is -0.311 e. The standard InChI is InChI=1S/C44H27N3.2C39H22N4/c1-45-38-20-21-44-42(29-38)41-18-9-10-19-43(41)47(44)40-27-37(26-39(28-40)46-2)36-24-34(31-14-7-4-8-15-31)23-35(25-36)33-17-11-16-32(22-33)30-12-5-3-6-13-30;1-41-30-17-18-39-36(24-30)33-15-9-10-16-38(33)43(39)32-20-29(19-31(23-32)42-2)35-22-28(26-11-5-3-6-12-26)21-34(37(35)25-40)27-13-7-4-8-14-27;1-41-33-15-16-39-37(24-33)36-13-6-7-14-38(36)43(39)35-22-32(21-34(23-35)42-2)31-19-29(27-10-4-3-5-11-27)18-30(20-31)28-12-8-9-26(17-28)25-40/h3-29H;2*3-24H. The van der Waals surface area contributed by atoms with Gasteiger partial charge < -0.3 is 13.7 Å². The summed E-state index contributed by atoms with van der Waals surface area (Å²) < 4.78 is 6.53. The first kappa shape index (κ1) is 81.8. The highest BCUT2D eigenvalue weighted by Gasteiger charge is 2.23. The summed E-state index contributed by atoms with van der Waals surface area (Å²) in [7, 11) is 0. The summed E-state index contributed by atoms with van der Waals surface area (Å²) in [5.41, 5.74) is 33.3. The first-order valence-electron chi connectivity index (χ1n) is 43.1. The van der Waals surface area contributed by atoms with Gasteiger partial charge in [-0.3, -0.25) is 0 Å². The van der Waals surface area contributed by atoms with Crippen LogP contribution in [0.25, 0.3) is 223 Å². The van der Waals surface area contributed by atoms with Crippen molar-refractivity contribution in [3.05, 3.63) is 510 Å². The molecule has 19 aromatic carbocycles. The van der Waals surface area contributed by atoms with Gasteiger partial charge in [-0.1, -0.05) is 255 Å². The molecule has 11 heteroatoms. The summed E-state index contributed by atoms with van der Waals surface area (Å²) in [5.74, 6) is 0. The topological polar surface area (TPSA) is 88.5 Å². The number of benzene rings is 19. The van der Waals surface area contributed by atoms with Gasteiger partial charge in [0.05, 0.1) is 89.7 Å². The molecular weight excluding hydrogens is 1620 g/mol. The Morgan fingerprint density at radius 3 is 0.789 bits per heavy atom. The second-order valence-corrected chi connectivity index (χ2v) is 32.3. The Morgan fingerprint density at radius 1 is 0.173 bits per heavy atom. The molecule has 0 N–H and O–H groups in total. The van der Waals surface area contributed by atoms with E-state index in [0.717, 1.165) is 183 Å². The SMILES string of the molecule is [C-]#[N+]c1cc(-c2cc(-c3ccccc3)cc(-c3cccc(-c4ccccc4)c3)c2)cc(-n2c3ccccc3c3cc([N+]#[C-])ccc32)c1.[C-]#[N+]c1cc(-c2cc(-c3ccccc3)cc(-c3cccc(C#N)c3)c2)cc(-n2c3ccccc3c3cc([N+]#[C-])ccc32)c1.[C-]#[N+]c1cc(-c2cc(-c3ccccc3)cc(-c3ccccc3)c2C#N)cc(-n2c3ccccc3c3cc([N+]#[C-])ccc32)c1. The molecule has 0 aliphatic carbocycles. The fourth-order valence-corrected chi connectivity index (χ4v) is 18.2. The Morgan fingerprint density at radius 2 is 0.429 bits per heavy atom. The lowest BCUT2D eigenvalue weighted by Gasteiger charge is -2.16. The molecule has 133 heavy (non-hydrogen) atoms. The Kier molecular flexibility index (Phi) is 22.1. The van der Waals surface area contributed by atoms with Crippen molar-refractivity contribution >= 4 is 99.5 Å². The van der Waals surface area contributed by atoms with E-state index in [4.69, 9.17) is 39.4 Å². The van der Waals surface area contributed by atoms with Crippen molar-refractivity contribution in [3.8, 4) is 140 Å². The molecule has 22 aromatic rings. The third-order valence-corrected chi connectivity index (χ3v) is 24.4. The normalized spacial score (nSPS) is 10.8. The van der Waals surface area contributed by atoms with Crippen LogP contribution in [0.15, 0.2) is 431 Å². The molecule has 11 nitrogen and oxygen atoms in total. The van der Waals surface area contributed by atoms with Crippen LogP contribution in [0.4, 0.5) is 34.1 Å². The molecule has 3 heterocycles. The van der Waals surface area contributed by atoms with E-state index in [1.165, 1.54) is 11.1 Å². The Hall–Kier alpha value is -19.5. The van der Waals surface area contributed by atoms with Gasteiger partial charge in [-0.15, -0.1) is 0 Å². The summed E-state index contributed by atoms with van der Waals surface area (Å²) >= 11 is 0. The van der Waals surface area contributed by atoms with Crippen LogP contribution in [0.1, 0.15) is 11.1 Å². The summed E-state index contributed by atoms with van der Waals surface area (Å²) in [6, 6.07) is 149. The van der Waals surface area contributed by atoms with Crippen molar-refractivity contribution in [2.45, 2.75) is 0 Å². The van der Waals surface area contributed by atoms with Gasteiger partial charge in [0, 0.05) is 38.8 Å². The van der Waals surface area contributed by atoms with Crippen LogP contribution in [-0.4, -0.2) is 13.7 Å². The van der Waals surface area contributed by atoms with Crippen LogP contribution in [0.2, 0.25) is 0 Å². The third-order valence-electron chi connectivity index (χ3n) is 24.4. The number of hydrogen-bond acceptors (Lipinski definition) is 2. The summed E-state index contributed by atoms with van der Waals surface area (Å²) in [6.45, 7) is 46.6. The Balaban J connectivity index is 0.000000124. The summed E-state index contributed by atoms with van der Waals surface area (Å²) in [4.78, 5) is 22.6. The largest absolute Gasteiger partial charge is 0.311 e. The monoisotopic (exact) mass is 1690 g/mol. The summed E-state index contributed by atoms with van der Waals surface area (Å²) in [6.07, 6.45) is 0. The molecule has 0 spiro atoms. The molecule has 0 saturated carbocycles. The van der Waals surface area contributed by atoms with Crippen LogP contribution in [-0.2, 0) is 0 Å². The van der Waals surface area contributed by atoms with Gasteiger partial charge >= 0.3 is 0 Å². The number of hydrogen-bond donors (Lipinski definition) is 0. The number of para-hydroxylation sites is 3. The van der Waals surface area contributed by atoms with E-state index in [1.807, 2.05) is 231 Å². The second-order valence-electron chi connectivity index (χ2n) is 32.3. The van der Waals surface area contributed by atoms with E-state index >= 15 is 0 Å². The average molecular weight is 1690 g/mol. The van der Waals surface area contributed by atoms with Gasteiger partial charge in [0.15, 0.2) is 34.1 Å². The quantitative estimate of drug-likeness (QED) is 0.108. The zero-order valence-corrected chi connectivity index (χ0v) is 71.4. The van der Waals surface area contributed by atoms with Gasteiger partial charge in [0.2, 0.25) is 0 Å². The van der Waals surface area contributed by atoms with E-state index < -0.39 is 0 Å². The van der Waals surface area contributed by atoms with Crippen LogP contribution in [0.3, 0.4) is 0 Å². The van der Waals surface area contributed by atoms with Crippen molar-refractivity contribution in [1.29, 1.82) is 10.5 Å². The van der Waals surface area contributed by atoms with Crippen LogP contribution < -0.4 is 0 Å². The van der Waals surface area contributed by atoms with Gasteiger partial charge in [0.25, 0.3) is 0 Å². The van der Waals surface area contributed by atoms with E-state index in [0.29, 0.717) is 45.3 Å². The van der Waals surface area contributed by atoms with Gasteiger partial charge in [-0.25, -0.2) is 29.1 Å². The predicted octanol–water partition coefficient (Wildman–Crippen LogP) is 34.1. The fourth-order valence-electron chi connectivity index (χ4n) is 18.2. The van der Waals surface area contributed by atoms with Crippen molar-refractivity contribution in [2.75, 3.05) is 0 Å². The van der Waals surface area contributed by atoms with Crippen molar-refractivity contribution in [1.82, 2.24) is 13.7 Å². The lowest BCUT2D eigenvalue weighted by atomic mass is 9.88. The van der Waals surface area contributed by atoms with Gasteiger partial charge in [0.1, 0.15) is 6.07 Å². The predicted molar refractivity (Wildman–Crippen MR) is 544 cm³/mol. The number of rotatable bonds is 13. The lowest BCUT2D eigenvalue weighted by Crippen LogP contribution is -1.96. The molecule has 0 aliphatic rings. The lowest BCUT2D eigenvalue weighted by molar-refractivity contribution is 1.18. The zero-order valence-electron chi connectivity index (χ0n) is 71.4. The molecule has 0 bridgehead atoms. The van der Waals surface area contributed by atoms with Crippen LogP contribution >= 0.6 is 0 Å². The first-order valence-corrected chi connectivity index (χ1v) is 43.1. The van der Waals surface area contributed by atoms with Crippen LogP contribution in [0, 0.1) is 62.1 Å². The number of aromatic nitrogens is 3. The molecule has 0 unspecified atom stereocenters. The second kappa shape index (κ2) is 35.9. The molecule has 0 atom stereocenters. The highest BCUT2D eigenvalue weighted by molar-refractivity contribution is 6.13. The fraction of sp³-hybridized carbons (Fsp3) is 0. The highest BCUT2D eigenvalue weighted by Crippen LogP contribution is 2.46. The molecule has 22 rings (SSSR count). The smallest absolute Gasteiger partial charge is 0.189 e. The Labute approximate surface area is 769 Å². The first-order chi connectivity index (χ1) is 65.5. The minimum absolute atomic E-state index is 0.478. The van der Waals surface area contributed by atoms with Crippen molar-refractivity contribution in [3.63, 3.8) is 0 Å². The zero-order chi connectivity index (χ0) is 90.4. The Bertz CT molecular complexity index is 8790. The van der Waals surface area contributed by atoms with E-state index in [9.17, 15) is 10.5 Å². The van der Waals surface area contributed by atoms with Crippen molar-refractivity contribution < 1.29 is 0 Å². The molecule has 0 aliphatic heterocycles. The third kappa shape index (κ3) is 16.1. The van der Waals surface area contributed by atoms with Crippen molar-refractivity contribution in [2.24, 2.45) is 0 Å². The number of nitriles is 2. The molecule has 0 saturated heterocycles. The molecule has 3 aromatic heterocycles. The maximum Gasteiger partial charge on any atom is 0.189 e. The van der Waals surface area contributed by atoms with Gasteiger partial charge in [-0.2, -0.15) is 10.5 Å². The molecule has 0 radical (unpaired) electrons. The summed E-state index contributed by atoms with van der Waals surface area (Å²) in [5, 5.41) is 26.3. The number of fused-ring (bicyclic) bond motifs is 9. The average Bonchev–Trinajstić information content (AvgIpc) is 1.61. The number of nitrogens with zero attached hydrogens (tertiary/aromatic N) is 11. The minimum atomic E-state index is 0.478. The maximum atomic E-state index is 10.6. The van der Waals surface area contributed by atoms with Crippen LogP contribution in [0.5, 0.6) is 0 Å². The molecule has 0 fully saturated rings. The highest BCUT2D eigenvalue weighted by atomic mass is 15.0. The van der Waals surface area contributed by atoms with E-state index in [2.05, 4.69) is 255 Å². The van der Waals surface area contributed by atoms with E-state index in [-0.39, 0.29) is 0 Å². The maximum absolute atomic E-state index is 10.6. The van der Waals surface area contributed by atoms with E-state index in [1.54, 1.807) is 0 Å². The van der Waals surface area contributed by atoms with Gasteiger partial charge in [-0.05, 0) is 298 Å².